The molecular formula is C18H34N2O2S. The van der Waals surface area contributed by atoms with E-state index in [1.54, 1.807) is 0 Å². The second-order valence-corrected chi connectivity index (χ2v) is 9.21. The van der Waals surface area contributed by atoms with Crippen LogP contribution in [-0.2, 0) is 4.74 Å². The molecule has 0 atom stereocenters. The molecule has 0 aromatic heterocycles. The first-order valence-electron chi connectivity index (χ1n) is 9.14. The third kappa shape index (κ3) is 6.92. The first kappa shape index (κ1) is 18.9. The van der Waals surface area contributed by atoms with Crippen LogP contribution in [0.3, 0.4) is 0 Å². The SMILES string of the molecule is CSC1CCC(NC2CCC(NC(=O)OC(C)(C)C)CC2)CC1. The highest BCUT2D eigenvalue weighted by Crippen LogP contribution is 2.28. The first-order chi connectivity index (χ1) is 10.9. The Morgan fingerprint density at radius 2 is 1.39 bits per heavy atom. The van der Waals surface area contributed by atoms with E-state index in [-0.39, 0.29) is 12.1 Å². The Balaban J connectivity index is 1.63. The molecule has 1 amide bonds. The largest absolute Gasteiger partial charge is 0.444 e. The summed E-state index contributed by atoms with van der Waals surface area (Å²) in [7, 11) is 0. The summed E-state index contributed by atoms with van der Waals surface area (Å²) in [4.78, 5) is 11.8. The van der Waals surface area contributed by atoms with Crippen molar-refractivity contribution in [1.82, 2.24) is 10.6 Å². The molecule has 0 aliphatic heterocycles. The van der Waals surface area contributed by atoms with Gasteiger partial charge in [0, 0.05) is 23.4 Å². The normalized spacial score (nSPS) is 32.3. The minimum absolute atomic E-state index is 0.273. The summed E-state index contributed by atoms with van der Waals surface area (Å²) in [5, 5.41) is 7.76. The van der Waals surface area contributed by atoms with Crippen molar-refractivity contribution in [3.05, 3.63) is 0 Å². The van der Waals surface area contributed by atoms with Crippen molar-refractivity contribution in [2.24, 2.45) is 0 Å². The Kier molecular flexibility index (Phi) is 7.08. The number of ether oxygens (including phenoxy) is 1. The molecule has 0 bridgehead atoms. The van der Waals surface area contributed by atoms with E-state index in [2.05, 4.69) is 16.9 Å². The van der Waals surface area contributed by atoms with E-state index in [0.29, 0.717) is 12.1 Å². The lowest BCUT2D eigenvalue weighted by Gasteiger charge is -2.35. The number of rotatable bonds is 4. The summed E-state index contributed by atoms with van der Waals surface area (Å²) >= 11 is 2.02. The lowest BCUT2D eigenvalue weighted by atomic mass is 9.88. The van der Waals surface area contributed by atoms with E-state index in [1.807, 2.05) is 32.5 Å². The van der Waals surface area contributed by atoms with Gasteiger partial charge in [0.1, 0.15) is 5.60 Å². The minimum atomic E-state index is -0.418. The number of thioether (sulfide) groups is 1. The van der Waals surface area contributed by atoms with Crippen molar-refractivity contribution in [3.63, 3.8) is 0 Å². The van der Waals surface area contributed by atoms with E-state index in [4.69, 9.17) is 4.74 Å². The zero-order chi connectivity index (χ0) is 16.9. The molecule has 0 unspecified atom stereocenters. The summed E-state index contributed by atoms with van der Waals surface area (Å²) in [6.07, 6.45) is 11.7. The molecule has 0 heterocycles. The molecule has 0 radical (unpaired) electrons. The van der Waals surface area contributed by atoms with Gasteiger partial charge in [-0.15, -0.1) is 0 Å². The Labute approximate surface area is 145 Å². The number of amides is 1. The second-order valence-electron chi connectivity index (χ2n) is 8.07. The molecule has 0 spiro atoms. The summed E-state index contributed by atoms with van der Waals surface area (Å²) < 4.78 is 5.34. The van der Waals surface area contributed by atoms with Gasteiger partial charge in [0.25, 0.3) is 0 Å². The van der Waals surface area contributed by atoms with E-state index < -0.39 is 5.60 Å². The number of alkyl carbamates (subject to hydrolysis) is 1. The third-order valence-electron chi connectivity index (χ3n) is 4.93. The number of carbonyl (C=O) groups is 1. The molecule has 2 N–H and O–H groups in total. The molecule has 2 rings (SSSR count). The van der Waals surface area contributed by atoms with E-state index in [0.717, 1.165) is 30.9 Å². The molecule has 2 fully saturated rings. The molecule has 23 heavy (non-hydrogen) atoms. The number of nitrogens with one attached hydrogen (secondary N) is 2. The quantitative estimate of drug-likeness (QED) is 0.808. The van der Waals surface area contributed by atoms with Crippen LogP contribution < -0.4 is 10.6 Å². The summed E-state index contributed by atoms with van der Waals surface area (Å²) in [5.74, 6) is 0. The first-order valence-corrected chi connectivity index (χ1v) is 10.4. The average Bonchev–Trinajstić information content (AvgIpc) is 2.48. The average molecular weight is 343 g/mol. The van der Waals surface area contributed by atoms with E-state index in [9.17, 15) is 4.79 Å². The van der Waals surface area contributed by atoms with Gasteiger partial charge < -0.3 is 15.4 Å². The van der Waals surface area contributed by atoms with Crippen LogP contribution in [0.4, 0.5) is 4.79 Å². The Morgan fingerprint density at radius 3 is 1.87 bits per heavy atom. The highest BCUT2D eigenvalue weighted by molar-refractivity contribution is 7.99. The lowest BCUT2D eigenvalue weighted by molar-refractivity contribution is 0.0489. The van der Waals surface area contributed by atoms with Crippen LogP contribution in [-0.4, -0.2) is 41.3 Å². The van der Waals surface area contributed by atoms with Crippen molar-refractivity contribution in [1.29, 1.82) is 0 Å². The monoisotopic (exact) mass is 342 g/mol. The van der Waals surface area contributed by atoms with Gasteiger partial charge >= 0.3 is 6.09 Å². The summed E-state index contributed by atoms with van der Waals surface area (Å²) in [6.45, 7) is 5.71. The van der Waals surface area contributed by atoms with Crippen LogP contribution in [0.1, 0.15) is 72.1 Å². The number of hydrogen-bond donors (Lipinski definition) is 2. The van der Waals surface area contributed by atoms with Gasteiger partial charge in [-0.05, 0) is 78.4 Å². The van der Waals surface area contributed by atoms with Crippen LogP contribution >= 0.6 is 11.8 Å². The van der Waals surface area contributed by atoms with Crippen molar-refractivity contribution in [2.75, 3.05) is 6.26 Å². The molecule has 2 aliphatic carbocycles. The van der Waals surface area contributed by atoms with Crippen LogP contribution in [0, 0.1) is 0 Å². The molecular weight excluding hydrogens is 308 g/mol. The van der Waals surface area contributed by atoms with Gasteiger partial charge in [-0.2, -0.15) is 11.8 Å². The third-order valence-corrected chi connectivity index (χ3v) is 6.07. The maximum absolute atomic E-state index is 11.8. The second kappa shape index (κ2) is 8.61. The maximum Gasteiger partial charge on any atom is 0.407 e. The summed E-state index contributed by atoms with van der Waals surface area (Å²) in [6, 6.07) is 1.61. The van der Waals surface area contributed by atoms with Gasteiger partial charge in [-0.3, -0.25) is 0 Å². The Morgan fingerprint density at radius 1 is 0.913 bits per heavy atom. The molecule has 2 saturated carbocycles. The van der Waals surface area contributed by atoms with Gasteiger partial charge in [-0.25, -0.2) is 4.79 Å². The zero-order valence-corrected chi connectivity index (χ0v) is 16.0. The van der Waals surface area contributed by atoms with Crippen LogP contribution in [0.15, 0.2) is 0 Å². The number of hydrogen-bond acceptors (Lipinski definition) is 4. The molecule has 0 aromatic carbocycles. The van der Waals surface area contributed by atoms with Crippen molar-refractivity contribution >= 4 is 17.9 Å². The lowest BCUT2D eigenvalue weighted by Crippen LogP contribution is -2.46. The Bertz CT molecular complexity index is 368. The van der Waals surface area contributed by atoms with Crippen LogP contribution in [0.25, 0.3) is 0 Å². The van der Waals surface area contributed by atoms with Crippen molar-refractivity contribution < 1.29 is 9.53 Å². The minimum Gasteiger partial charge on any atom is -0.444 e. The van der Waals surface area contributed by atoms with E-state index in [1.165, 1.54) is 25.7 Å². The standard InChI is InChI=1S/C18H34N2O2S/c1-18(2,3)22-17(21)20-15-7-5-13(6-8-15)19-14-9-11-16(23-4)12-10-14/h13-16,19H,5-12H2,1-4H3,(H,20,21). The molecule has 4 nitrogen and oxygen atoms in total. The predicted octanol–water partition coefficient (Wildman–Crippen LogP) is 4.09. The van der Waals surface area contributed by atoms with Gasteiger partial charge in [0.05, 0.1) is 0 Å². The highest BCUT2D eigenvalue weighted by atomic mass is 32.2. The molecule has 5 heteroatoms. The topological polar surface area (TPSA) is 50.4 Å². The zero-order valence-electron chi connectivity index (χ0n) is 15.2. The van der Waals surface area contributed by atoms with Gasteiger partial charge in [-0.1, -0.05) is 0 Å². The van der Waals surface area contributed by atoms with Crippen LogP contribution in [0.5, 0.6) is 0 Å². The molecule has 0 saturated heterocycles. The van der Waals surface area contributed by atoms with Gasteiger partial charge in [0.15, 0.2) is 0 Å². The molecule has 2 aliphatic rings. The predicted molar refractivity (Wildman–Crippen MR) is 98.1 cm³/mol. The summed E-state index contributed by atoms with van der Waals surface area (Å²) in [5.41, 5.74) is -0.418. The van der Waals surface area contributed by atoms with Gasteiger partial charge in [0.2, 0.25) is 0 Å². The van der Waals surface area contributed by atoms with Crippen LogP contribution in [0.2, 0.25) is 0 Å². The fraction of sp³-hybridized carbons (Fsp3) is 0.944. The maximum atomic E-state index is 11.8. The fourth-order valence-electron chi connectivity index (χ4n) is 3.68. The van der Waals surface area contributed by atoms with Crippen molar-refractivity contribution in [3.8, 4) is 0 Å². The van der Waals surface area contributed by atoms with Crippen molar-refractivity contribution in [2.45, 2.75) is 101 Å². The molecule has 134 valence electrons. The Hall–Kier alpha value is -0.420. The molecule has 0 aromatic rings. The smallest absolute Gasteiger partial charge is 0.407 e. The van der Waals surface area contributed by atoms with E-state index >= 15 is 0 Å². The number of carbonyl (C=O) groups excluding carboxylic acids is 1. The highest BCUT2D eigenvalue weighted by Gasteiger charge is 2.27. The fourth-order valence-corrected chi connectivity index (χ4v) is 4.42.